The molecule has 0 spiro atoms. The van der Waals surface area contributed by atoms with E-state index in [0.29, 0.717) is 29.1 Å². The van der Waals surface area contributed by atoms with Crippen molar-refractivity contribution >= 4 is 27.6 Å². The molecule has 23 heavy (non-hydrogen) atoms. The summed E-state index contributed by atoms with van der Waals surface area (Å²) < 4.78 is 11.5. The molecule has 0 heterocycles. The van der Waals surface area contributed by atoms with Crippen molar-refractivity contribution in [1.82, 2.24) is 5.43 Å². The number of ether oxygens (including phenoxy) is 2. The molecule has 0 saturated heterocycles. The first-order valence-electron chi connectivity index (χ1n) is 7.27. The van der Waals surface area contributed by atoms with Crippen LogP contribution in [0, 0.1) is 0 Å². The molecule has 0 atom stereocenters. The van der Waals surface area contributed by atoms with Crippen molar-refractivity contribution in [2.24, 2.45) is 0 Å². The van der Waals surface area contributed by atoms with Gasteiger partial charge in [0, 0.05) is 19.2 Å². The number of esters is 1. The third-order valence-electron chi connectivity index (χ3n) is 2.91. The van der Waals surface area contributed by atoms with Gasteiger partial charge in [-0.2, -0.15) is 0 Å². The lowest BCUT2D eigenvalue weighted by Gasteiger charge is -2.14. The Labute approximate surface area is 144 Å². The van der Waals surface area contributed by atoms with Crippen LogP contribution >= 0.6 is 15.9 Å². The summed E-state index contributed by atoms with van der Waals surface area (Å²) in [7, 11) is 0. The average Bonchev–Trinajstić information content (AvgIpc) is 2.52. The lowest BCUT2D eigenvalue weighted by molar-refractivity contribution is -0.132. The van der Waals surface area contributed by atoms with Crippen molar-refractivity contribution in [3.8, 4) is 11.5 Å². The molecule has 0 saturated carbocycles. The first-order chi connectivity index (χ1) is 11.1. The predicted molar refractivity (Wildman–Crippen MR) is 93.5 cm³/mol. The lowest BCUT2D eigenvalue weighted by atomic mass is 10.2. The van der Waals surface area contributed by atoms with Crippen molar-refractivity contribution in [1.29, 1.82) is 0 Å². The number of carbonyl (C=O) groups excluding carboxylic acids is 1. The molecular weight excluding hydrogens is 360 g/mol. The van der Waals surface area contributed by atoms with E-state index in [4.69, 9.17) is 9.47 Å². The number of hydrogen-bond acceptors (Lipinski definition) is 5. The second-order valence-electron chi connectivity index (χ2n) is 4.78. The number of carbonyl (C=O) groups is 1. The van der Waals surface area contributed by atoms with Gasteiger partial charge < -0.3 is 14.9 Å². The predicted octanol–water partition coefficient (Wildman–Crippen LogP) is 3.89. The summed E-state index contributed by atoms with van der Waals surface area (Å²) in [6, 6.07) is 13.6. The molecule has 0 bridgehead atoms. The van der Waals surface area contributed by atoms with E-state index < -0.39 is 0 Å². The molecule has 2 N–H and O–H groups in total. The summed E-state index contributed by atoms with van der Waals surface area (Å²) in [6.45, 7) is 4.31. The molecule has 0 aliphatic rings. The molecule has 0 aliphatic carbocycles. The van der Waals surface area contributed by atoms with E-state index in [1.165, 1.54) is 6.92 Å². The number of hydrogen-bond donors (Lipinski definition) is 2. The number of halogens is 1. The average molecular weight is 379 g/mol. The van der Waals surface area contributed by atoms with Crippen LogP contribution in [0.1, 0.15) is 19.4 Å². The largest absolute Gasteiger partial charge is 0.490 e. The van der Waals surface area contributed by atoms with E-state index in [-0.39, 0.29) is 5.97 Å². The van der Waals surface area contributed by atoms with Gasteiger partial charge in [0.25, 0.3) is 0 Å². The fourth-order valence-electron chi connectivity index (χ4n) is 2.00. The first kappa shape index (κ1) is 17.3. The first-order valence-corrected chi connectivity index (χ1v) is 8.07. The number of hydrazine groups is 1. The van der Waals surface area contributed by atoms with Crippen LogP contribution in [-0.2, 0) is 11.3 Å². The highest BCUT2D eigenvalue weighted by molar-refractivity contribution is 9.10. The number of benzene rings is 2. The van der Waals surface area contributed by atoms with E-state index in [9.17, 15) is 4.79 Å². The zero-order chi connectivity index (χ0) is 16.7. The van der Waals surface area contributed by atoms with Gasteiger partial charge in [-0.25, -0.2) is 5.43 Å². The summed E-state index contributed by atoms with van der Waals surface area (Å²) in [4.78, 5) is 11.2. The van der Waals surface area contributed by atoms with E-state index >= 15 is 0 Å². The molecule has 0 unspecified atom stereocenters. The molecule has 6 heteroatoms. The van der Waals surface area contributed by atoms with Crippen molar-refractivity contribution in [3.05, 3.63) is 52.5 Å². The van der Waals surface area contributed by atoms with Crippen molar-refractivity contribution in [2.45, 2.75) is 20.4 Å². The van der Waals surface area contributed by atoms with Gasteiger partial charge in [0.2, 0.25) is 0 Å². The second kappa shape index (κ2) is 8.55. The standard InChI is InChI=1S/C17H19BrN2O3/c1-3-22-16-10-13(9-15(18)17(16)23-12(2)21)11-19-20-14-7-5-4-6-8-14/h4-10,19-20H,3,11H2,1-2H3. The summed E-state index contributed by atoms with van der Waals surface area (Å²) >= 11 is 3.43. The fourth-order valence-corrected chi connectivity index (χ4v) is 2.57. The van der Waals surface area contributed by atoms with Gasteiger partial charge >= 0.3 is 5.97 Å². The number of nitrogens with one attached hydrogen (secondary N) is 2. The van der Waals surface area contributed by atoms with Crippen LogP contribution in [-0.4, -0.2) is 12.6 Å². The molecular formula is C17H19BrN2O3. The van der Waals surface area contributed by atoms with Crippen LogP contribution in [0.25, 0.3) is 0 Å². The monoisotopic (exact) mass is 378 g/mol. The molecule has 2 aromatic rings. The maximum atomic E-state index is 11.2. The van der Waals surface area contributed by atoms with Gasteiger partial charge in [0.1, 0.15) is 0 Å². The lowest BCUT2D eigenvalue weighted by Crippen LogP contribution is -2.20. The molecule has 2 aromatic carbocycles. The van der Waals surface area contributed by atoms with Gasteiger partial charge in [-0.15, -0.1) is 0 Å². The summed E-state index contributed by atoms with van der Waals surface area (Å²) in [5.74, 6) is 0.552. The minimum Gasteiger partial charge on any atom is -0.490 e. The van der Waals surface area contributed by atoms with E-state index in [0.717, 1.165) is 11.3 Å². The molecule has 2 rings (SSSR count). The third kappa shape index (κ3) is 5.26. The van der Waals surface area contributed by atoms with Crippen molar-refractivity contribution in [2.75, 3.05) is 12.0 Å². The molecule has 0 aromatic heterocycles. The topological polar surface area (TPSA) is 59.6 Å². The second-order valence-corrected chi connectivity index (χ2v) is 5.63. The third-order valence-corrected chi connectivity index (χ3v) is 3.50. The van der Waals surface area contributed by atoms with Crippen molar-refractivity contribution < 1.29 is 14.3 Å². The Kier molecular flexibility index (Phi) is 6.43. The molecule has 0 aliphatic heterocycles. The Hall–Kier alpha value is -2.05. The molecule has 0 radical (unpaired) electrons. The van der Waals surface area contributed by atoms with Gasteiger partial charge in [-0.05, 0) is 52.7 Å². The van der Waals surface area contributed by atoms with Crippen LogP contribution in [0.4, 0.5) is 5.69 Å². The van der Waals surface area contributed by atoms with Crippen molar-refractivity contribution in [3.63, 3.8) is 0 Å². The zero-order valence-electron chi connectivity index (χ0n) is 13.1. The van der Waals surface area contributed by atoms with Crippen LogP contribution in [0.2, 0.25) is 0 Å². The number of rotatable bonds is 7. The fraction of sp³-hybridized carbons (Fsp3) is 0.235. The Morgan fingerprint density at radius 3 is 2.61 bits per heavy atom. The van der Waals surface area contributed by atoms with E-state index in [1.54, 1.807) is 0 Å². The Morgan fingerprint density at radius 2 is 1.96 bits per heavy atom. The highest BCUT2D eigenvalue weighted by Crippen LogP contribution is 2.37. The number of anilines is 1. The minimum absolute atomic E-state index is 0.386. The SMILES string of the molecule is CCOc1cc(CNNc2ccccc2)cc(Br)c1OC(C)=O. The van der Waals surface area contributed by atoms with Gasteiger partial charge in [-0.3, -0.25) is 4.79 Å². The maximum absolute atomic E-state index is 11.2. The molecule has 5 nitrogen and oxygen atoms in total. The highest BCUT2D eigenvalue weighted by Gasteiger charge is 2.14. The minimum atomic E-state index is -0.386. The summed E-state index contributed by atoms with van der Waals surface area (Å²) in [5, 5.41) is 0. The van der Waals surface area contributed by atoms with Crippen LogP contribution in [0.3, 0.4) is 0 Å². The van der Waals surface area contributed by atoms with E-state index in [1.807, 2.05) is 49.4 Å². The van der Waals surface area contributed by atoms with Gasteiger partial charge in [0.15, 0.2) is 11.5 Å². The normalized spacial score (nSPS) is 10.2. The zero-order valence-corrected chi connectivity index (χ0v) is 14.6. The Balaban J connectivity index is 2.08. The van der Waals surface area contributed by atoms with Crippen LogP contribution < -0.4 is 20.3 Å². The van der Waals surface area contributed by atoms with E-state index in [2.05, 4.69) is 26.8 Å². The molecule has 0 fully saturated rings. The Morgan fingerprint density at radius 1 is 1.22 bits per heavy atom. The van der Waals surface area contributed by atoms with Gasteiger partial charge in [-0.1, -0.05) is 18.2 Å². The summed E-state index contributed by atoms with van der Waals surface area (Å²) in [6.07, 6.45) is 0. The molecule has 0 amide bonds. The Bertz CT molecular complexity index is 662. The smallest absolute Gasteiger partial charge is 0.308 e. The molecule has 122 valence electrons. The highest BCUT2D eigenvalue weighted by atomic mass is 79.9. The van der Waals surface area contributed by atoms with Gasteiger partial charge in [0.05, 0.1) is 11.1 Å². The summed E-state index contributed by atoms with van der Waals surface area (Å²) in [5.41, 5.74) is 8.23. The van der Waals surface area contributed by atoms with Crippen LogP contribution in [0.15, 0.2) is 46.9 Å². The maximum Gasteiger partial charge on any atom is 0.308 e. The number of para-hydroxylation sites is 1. The quantitative estimate of drug-likeness (QED) is 0.434. The van der Waals surface area contributed by atoms with Crippen LogP contribution in [0.5, 0.6) is 11.5 Å².